The van der Waals surface area contributed by atoms with Gasteiger partial charge >= 0.3 is 0 Å². The summed E-state index contributed by atoms with van der Waals surface area (Å²) in [5.41, 5.74) is 2.82. The van der Waals surface area contributed by atoms with Crippen LogP contribution in [0.1, 0.15) is 18.5 Å². The Bertz CT molecular complexity index is 707. The highest BCUT2D eigenvalue weighted by Crippen LogP contribution is 2.20. The first-order chi connectivity index (χ1) is 10.2. The molecule has 1 atom stereocenters. The molecule has 1 N–H and O–H groups in total. The van der Waals surface area contributed by atoms with Gasteiger partial charge in [0.15, 0.2) is 0 Å². The highest BCUT2D eigenvalue weighted by Gasteiger charge is 2.07. The van der Waals surface area contributed by atoms with Crippen LogP contribution in [-0.2, 0) is 0 Å². The number of nitrogens with zero attached hydrogens (tertiary/aromatic N) is 3. The molecule has 0 aliphatic rings. The van der Waals surface area contributed by atoms with Crippen molar-refractivity contribution in [3.8, 4) is 5.69 Å². The molecular formula is C16H15FN4. The minimum Gasteiger partial charge on any atom is -0.378 e. The minimum atomic E-state index is -0.323. The molecule has 0 spiro atoms. The lowest BCUT2D eigenvalue weighted by Crippen LogP contribution is -2.07. The van der Waals surface area contributed by atoms with Gasteiger partial charge in [-0.2, -0.15) is 0 Å². The van der Waals surface area contributed by atoms with Gasteiger partial charge < -0.3 is 9.88 Å². The average Bonchev–Trinajstić information content (AvgIpc) is 3.02. The summed E-state index contributed by atoms with van der Waals surface area (Å²) in [6, 6.07) is 9.44. The molecule has 1 aromatic carbocycles. The normalized spacial score (nSPS) is 12.1. The Kier molecular flexibility index (Phi) is 3.64. The average molecular weight is 282 g/mol. The fraction of sp³-hybridized carbons (Fsp3) is 0.125. The maximum atomic E-state index is 13.2. The molecule has 0 aliphatic heterocycles. The van der Waals surface area contributed by atoms with Crippen LogP contribution in [-0.4, -0.2) is 14.5 Å². The van der Waals surface area contributed by atoms with Gasteiger partial charge in [-0.25, -0.2) is 9.37 Å². The van der Waals surface area contributed by atoms with Crippen molar-refractivity contribution in [3.05, 3.63) is 72.8 Å². The largest absolute Gasteiger partial charge is 0.378 e. The molecule has 21 heavy (non-hydrogen) atoms. The molecule has 4 nitrogen and oxygen atoms in total. The SMILES string of the molecule is CC(Nc1ccc(-n2ccnc2)cc1)c1cncc(F)c1. The van der Waals surface area contributed by atoms with Gasteiger partial charge in [-0.1, -0.05) is 0 Å². The number of pyridine rings is 1. The summed E-state index contributed by atoms with van der Waals surface area (Å²) in [6.07, 6.45) is 8.26. The molecule has 5 heteroatoms. The van der Waals surface area contributed by atoms with E-state index in [1.165, 1.54) is 12.3 Å². The van der Waals surface area contributed by atoms with E-state index in [0.29, 0.717) is 0 Å². The number of hydrogen-bond donors (Lipinski definition) is 1. The summed E-state index contributed by atoms with van der Waals surface area (Å²) in [6.45, 7) is 1.97. The van der Waals surface area contributed by atoms with Crippen LogP contribution < -0.4 is 5.32 Å². The van der Waals surface area contributed by atoms with E-state index in [2.05, 4.69) is 15.3 Å². The third-order valence-electron chi connectivity index (χ3n) is 3.28. The summed E-state index contributed by atoms with van der Waals surface area (Å²) < 4.78 is 15.1. The van der Waals surface area contributed by atoms with Crippen LogP contribution in [0.3, 0.4) is 0 Å². The number of imidazole rings is 1. The Morgan fingerprint density at radius 1 is 1.14 bits per heavy atom. The number of aromatic nitrogens is 3. The molecule has 0 amide bonds. The van der Waals surface area contributed by atoms with Crippen molar-refractivity contribution >= 4 is 5.69 Å². The van der Waals surface area contributed by atoms with Crippen LogP contribution in [0.5, 0.6) is 0 Å². The van der Waals surface area contributed by atoms with Crippen LogP contribution in [0, 0.1) is 5.82 Å². The van der Waals surface area contributed by atoms with Crippen molar-refractivity contribution in [2.45, 2.75) is 13.0 Å². The Morgan fingerprint density at radius 2 is 1.95 bits per heavy atom. The lowest BCUT2D eigenvalue weighted by Gasteiger charge is -2.15. The first kappa shape index (κ1) is 13.3. The summed E-state index contributed by atoms with van der Waals surface area (Å²) >= 11 is 0. The molecule has 0 radical (unpaired) electrons. The van der Waals surface area contributed by atoms with Gasteiger partial charge in [0.2, 0.25) is 0 Å². The van der Waals surface area contributed by atoms with Crippen LogP contribution in [0.15, 0.2) is 61.4 Å². The van der Waals surface area contributed by atoms with Gasteiger partial charge in [0.1, 0.15) is 5.82 Å². The van der Waals surface area contributed by atoms with E-state index in [1.54, 1.807) is 18.7 Å². The zero-order chi connectivity index (χ0) is 14.7. The second-order valence-electron chi connectivity index (χ2n) is 4.82. The van der Waals surface area contributed by atoms with Gasteiger partial charge in [-0.05, 0) is 42.8 Å². The molecule has 1 unspecified atom stereocenters. The van der Waals surface area contributed by atoms with E-state index >= 15 is 0 Å². The smallest absolute Gasteiger partial charge is 0.141 e. The highest BCUT2D eigenvalue weighted by atomic mass is 19.1. The lowest BCUT2D eigenvalue weighted by molar-refractivity contribution is 0.616. The van der Waals surface area contributed by atoms with Crippen molar-refractivity contribution < 1.29 is 4.39 Å². The predicted molar refractivity (Wildman–Crippen MR) is 79.8 cm³/mol. The zero-order valence-electron chi connectivity index (χ0n) is 11.6. The molecule has 0 saturated heterocycles. The van der Waals surface area contributed by atoms with Crippen molar-refractivity contribution in [2.24, 2.45) is 0 Å². The van der Waals surface area contributed by atoms with Gasteiger partial charge in [0, 0.05) is 30.0 Å². The zero-order valence-corrected chi connectivity index (χ0v) is 11.6. The minimum absolute atomic E-state index is 0.0210. The highest BCUT2D eigenvalue weighted by molar-refractivity contribution is 5.50. The topological polar surface area (TPSA) is 42.7 Å². The lowest BCUT2D eigenvalue weighted by atomic mass is 10.1. The molecule has 0 fully saturated rings. The summed E-state index contributed by atoms with van der Waals surface area (Å²) in [5, 5.41) is 3.33. The molecule has 3 aromatic rings. The van der Waals surface area contributed by atoms with Crippen LogP contribution >= 0.6 is 0 Å². The molecule has 3 rings (SSSR count). The van der Waals surface area contributed by atoms with Crippen LogP contribution in [0.2, 0.25) is 0 Å². The van der Waals surface area contributed by atoms with Crippen molar-refractivity contribution in [1.82, 2.24) is 14.5 Å². The van der Waals surface area contributed by atoms with Gasteiger partial charge in [-0.3, -0.25) is 4.98 Å². The van der Waals surface area contributed by atoms with E-state index in [-0.39, 0.29) is 11.9 Å². The van der Waals surface area contributed by atoms with E-state index in [4.69, 9.17) is 0 Å². The third kappa shape index (κ3) is 3.08. The number of hydrogen-bond acceptors (Lipinski definition) is 3. The van der Waals surface area contributed by atoms with Crippen molar-refractivity contribution in [1.29, 1.82) is 0 Å². The monoisotopic (exact) mass is 282 g/mol. The Labute approximate surface area is 122 Å². The number of rotatable bonds is 4. The third-order valence-corrected chi connectivity index (χ3v) is 3.28. The fourth-order valence-electron chi connectivity index (χ4n) is 2.14. The number of benzene rings is 1. The standard InChI is InChI=1S/C16H15FN4/c1-12(13-8-14(17)10-19-9-13)20-15-2-4-16(5-3-15)21-7-6-18-11-21/h2-12,20H,1H3. The molecule has 2 aromatic heterocycles. The number of nitrogens with one attached hydrogen (secondary N) is 1. The molecule has 0 saturated carbocycles. The first-order valence-corrected chi connectivity index (χ1v) is 6.68. The molecule has 0 aliphatic carbocycles. The van der Waals surface area contributed by atoms with Gasteiger partial charge in [0.05, 0.1) is 18.6 Å². The second kappa shape index (κ2) is 5.75. The second-order valence-corrected chi connectivity index (χ2v) is 4.82. The quantitative estimate of drug-likeness (QED) is 0.795. The maximum Gasteiger partial charge on any atom is 0.141 e. The fourth-order valence-corrected chi connectivity index (χ4v) is 2.14. The Hall–Kier alpha value is -2.69. The molecule has 106 valence electrons. The molecular weight excluding hydrogens is 267 g/mol. The number of halogens is 1. The Balaban J connectivity index is 1.73. The Morgan fingerprint density at radius 3 is 2.62 bits per heavy atom. The summed E-state index contributed by atoms with van der Waals surface area (Å²) in [4.78, 5) is 7.89. The van der Waals surface area contributed by atoms with Gasteiger partial charge in [0.25, 0.3) is 0 Å². The van der Waals surface area contributed by atoms with E-state index in [9.17, 15) is 4.39 Å². The van der Waals surface area contributed by atoms with E-state index < -0.39 is 0 Å². The predicted octanol–water partition coefficient (Wildman–Crippen LogP) is 3.58. The van der Waals surface area contributed by atoms with E-state index in [1.807, 2.05) is 42.0 Å². The first-order valence-electron chi connectivity index (χ1n) is 6.68. The van der Waals surface area contributed by atoms with E-state index in [0.717, 1.165) is 16.9 Å². The van der Waals surface area contributed by atoms with Gasteiger partial charge in [-0.15, -0.1) is 0 Å². The van der Waals surface area contributed by atoms with Crippen LogP contribution in [0.4, 0.5) is 10.1 Å². The molecule has 2 heterocycles. The van der Waals surface area contributed by atoms with Crippen LogP contribution in [0.25, 0.3) is 5.69 Å². The summed E-state index contributed by atoms with van der Waals surface area (Å²) in [5.74, 6) is -0.323. The van der Waals surface area contributed by atoms with Crippen molar-refractivity contribution in [3.63, 3.8) is 0 Å². The summed E-state index contributed by atoms with van der Waals surface area (Å²) in [7, 11) is 0. The van der Waals surface area contributed by atoms with Crippen molar-refractivity contribution in [2.75, 3.05) is 5.32 Å². The molecule has 0 bridgehead atoms. The number of anilines is 1. The maximum absolute atomic E-state index is 13.2.